The Kier molecular flexibility index (Phi) is 5.79. The number of hydrogen-bond donors (Lipinski definition) is 0. The maximum atomic E-state index is 6.56. The molecular formula is C39H26N2O. The van der Waals surface area contributed by atoms with Crippen LogP contribution in [-0.2, 0) is 0 Å². The number of rotatable bonds is 5. The lowest BCUT2D eigenvalue weighted by Gasteiger charge is -2.27. The molecule has 1 aromatic heterocycles. The summed E-state index contributed by atoms with van der Waals surface area (Å²) in [6.45, 7) is 0. The van der Waals surface area contributed by atoms with Crippen LogP contribution in [0.15, 0.2) is 162 Å². The third kappa shape index (κ3) is 4.03. The SMILES string of the molecule is c1ccc(-c2ccc(N(c3ccccc3)c3cccc4c5oc(-c6ccccc6)nc5c5ccccc5c34)cc2)cc1. The number of aromatic nitrogens is 1. The zero-order valence-corrected chi connectivity index (χ0v) is 22.8. The van der Waals surface area contributed by atoms with Crippen molar-refractivity contribution in [2.45, 2.75) is 0 Å². The molecule has 0 aliphatic carbocycles. The molecule has 198 valence electrons. The van der Waals surface area contributed by atoms with Crippen molar-refractivity contribution < 1.29 is 4.42 Å². The smallest absolute Gasteiger partial charge is 0.227 e. The molecule has 0 unspecified atom stereocenters. The lowest BCUT2D eigenvalue weighted by molar-refractivity contribution is 0.623. The molecular weight excluding hydrogens is 512 g/mol. The largest absolute Gasteiger partial charge is 0.435 e. The monoisotopic (exact) mass is 538 g/mol. The molecule has 42 heavy (non-hydrogen) atoms. The van der Waals surface area contributed by atoms with Gasteiger partial charge in [0.25, 0.3) is 0 Å². The Morgan fingerprint density at radius 1 is 0.429 bits per heavy atom. The fourth-order valence-electron chi connectivity index (χ4n) is 5.93. The maximum absolute atomic E-state index is 6.56. The highest BCUT2D eigenvalue weighted by atomic mass is 16.3. The van der Waals surface area contributed by atoms with Crippen molar-refractivity contribution in [2.24, 2.45) is 0 Å². The van der Waals surface area contributed by atoms with E-state index in [1.54, 1.807) is 0 Å². The molecule has 7 aromatic carbocycles. The molecule has 1 heterocycles. The van der Waals surface area contributed by atoms with Gasteiger partial charge in [-0.3, -0.25) is 0 Å². The summed E-state index contributed by atoms with van der Waals surface area (Å²) in [5, 5.41) is 4.39. The molecule has 0 fully saturated rings. The van der Waals surface area contributed by atoms with Gasteiger partial charge in [-0.05, 0) is 59.0 Å². The minimum absolute atomic E-state index is 0.630. The zero-order valence-electron chi connectivity index (χ0n) is 22.8. The molecule has 8 aromatic rings. The van der Waals surface area contributed by atoms with E-state index < -0.39 is 0 Å². The second-order valence-corrected chi connectivity index (χ2v) is 10.4. The number of hydrogen-bond acceptors (Lipinski definition) is 3. The number of fused-ring (bicyclic) bond motifs is 6. The number of oxazole rings is 1. The average molecular weight is 539 g/mol. The van der Waals surface area contributed by atoms with E-state index >= 15 is 0 Å². The minimum Gasteiger partial charge on any atom is -0.435 e. The lowest BCUT2D eigenvalue weighted by Crippen LogP contribution is -2.10. The molecule has 0 N–H and O–H groups in total. The lowest BCUT2D eigenvalue weighted by atomic mass is 9.97. The Morgan fingerprint density at radius 3 is 1.69 bits per heavy atom. The van der Waals surface area contributed by atoms with Crippen LogP contribution in [0.4, 0.5) is 17.1 Å². The molecule has 0 amide bonds. The predicted molar refractivity (Wildman–Crippen MR) is 175 cm³/mol. The van der Waals surface area contributed by atoms with E-state index in [4.69, 9.17) is 9.40 Å². The van der Waals surface area contributed by atoms with Crippen LogP contribution < -0.4 is 4.90 Å². The van der Waals surface area contributed by atoms with Crippen LogP contribution >= 0.6 is 0 Å². The highest BCUT2D eigenvalue weighted by Gasteiger charge is 2.21. The van der Waals surface area contributed by atoms with E-state index in [9.17, 15) is 0 Å². The molecule has 0 bridgehead atoms. The van der Waals surface area contributed by atoms with Gasteiger partial charge in [0.2, 0.25) is 5.89 Å². The summed E-state index contributed by atoms with van der Waals surface area (Å²) in [6.07, 6.45) is 0. The molecule has 0 saturated carbocycles. The Balaban J connectivity index is 1.40. The Bertz CT molecular complexity index is 2170. The van der Waals surface area contributed by atoms with Crippen LogP contribution in [0.3, 0.4) is 0 Å². The first-order valence-corrected chi connectivity index (χ1v) is 14.2. The van der Waals surface area contributed by atoms with Gasteiger partial charge >= 0.3 is 0 Å². The molecule has 3 nitrogen and oxygen atoms in total. The minimum atomic E-state index is 0.630. The second-order valence-electron chi connectivity index (χ2n) is 10.4. The van der Waals surface area contributed by atoms with E-state index in [1.165, 1.54) is 11.1 Å². The number of anilines is 3. The number of para-hydroxylation sites is 1. The number of benzene rings is 7. The van der Waals surface area contributed by atoms with Gasteiger partial charge in [-0.25, -0.2) is 4.98 Å². The van der Waals surface area contributed by atoms with E-state index in [2.05, 4.69) is 126 Å². The molecule has 8 rings (SSSR count). The highest BCUT2D eigenvalue weighted by molar-refractivity contribution is 6.26. The summed E-state index contributed by atoms with van der Waals surface area (Å²) in [6, 6.07) is 54.9. The Labute approximate surface area is 243 Å². The topological polar surface area (TPSA) is 29.3 Å². The summed E-state index contributed by atoms with van der Waals surface area (Å²) in [4.78, 5) is 7.35. The van der Waals surface area contributed by atoms with Crippen molar-refractivity contribution in [3.63, 3.8) is 0 Å². The van der Waals surface area contributed by atoms with Gasteiger partial charge < -0.3 is 9.32 Å². The van der Waals surface area contributed by atoms with Crippen LogP contribution in [0.25, 0.3) is 55.2 Å². The fourth-order valence-corrected chi connectivity index (χ4v) is 5.93. The van der Waals surface area contributed by atoms with Crippen LogP contribution in [0, 0.1) is 0 Å². The van der Waals surface area contributed by atoms with Crippen molar-refractivity contribution in [3.8, 4) is 22.6 Å². The molecule has 3 heteroatoms. The predicted octanol–water partition coefficient (Wildman–Crippen LogP) is 10.9. The molecule has 0 atom stereocenters. The van der Waals surface area contributed by atoms with Crippen LogP contribution in [0.5, 0.6) is 0 Å². The molecule has 0 radical (unpaired) electrons. The van der Waals surface area contributed by atoms with Gasteiger partial charge in [0.1, 0.15) is 5.52 Å². The van der Waals surface area contributed by atoms with Gasteiger partial charge in [-0.15, -0.1) is 0 Å². The summed E-state index contributed by atoms with van der Waals surface area (Å²) in [5.41, 5.74) is 8.29. The molecule has 0 spiro atoms. The van der Waals surface area contributed by atoms with Gasteiger partial charge in [0.15, 0.2) is 5.58 Å². The first kappa shape index (κ1) is 24.2. The zero-order chi connectivity index (χ0) is 27.9. The van der Waals surface area contributed by atoms with Crippen LogP contribution in [-0.4, -0.2) is 4.98 Å². The average Bonchev–Trinajstić information content (AvgIpc) is 3.53. The summed E-state index contributed by atoms with van der Waals surface area (Å²) >= 11 is 0. The third-order valence-electron chi connectivity index (χ3n) is 7.87. The fraction of sp³-hybridized carbons (Fsp3) is 0. The van der Waals surface area contributed by atoms with Crippen molar-refractivity contribution in [1.82, 2.24) is 4.98 Å². The van der Waals surface area contributed by atoms with E-state index in [0.29, 0.717) is 5.89 Å². The van der Waals surface area contributed by atoms with E-state index in [0.717, 1.165) is 55.3 Å². The standard InChI is InChI=1S/C39H26N2O/c1-4-13-27(14-5-1)28-23-25-31(26-24-28)41(30-17-8-3-9-18-30)35-22-12-21-34-36(35)32-19-10-11-20-33(32)37-38(34)42-39(40-37)29-15-6-2-7-16-29/h1-26H. The van der Waals surface area contributed by atoms with E-state index in [1.807, 2.05) is 36.4 Å². The summed E-state index contributed by atoms with van der Waals surface area (Å²) in [7, 11) is 0. The first-order chi connectivity index (χ1) is 20.8. The van der Waals surface area contributed by atoms with Crippen molar-refractivity contribution in [1.29, 1.82) is 0 Å². The second kappa shape index (κ2) is 10.1. The summed E-state index contributed by atoms with van der Waals surface area (Å²) in [5.74, 6) is 0.630. The Hall–Kier alpha value is -5.67. The number of nitrogens with zero attached hydrogens (tertiary/aromatic N) is 2. The van der Waals surface area contributed by atoms with E-state index in [-0.39, 0.29) is 0 Å². The highest BCUT2D eigenvalue weighted by Crippen LogP contribution is 2.45. The van der Waals surface area contributed by atoms with Crippen molar-refractivity contribution in [3.05, 3.63) is 158 Å². The van der Waals surface area contributed by atoms with Gasteiger partial charge in [0, 0.05) is 33.1 Å². The van der Waals surface area contributed by atoms with Gasteiger partial charge in [0.05, 0.1) is 5.69 Å². The first-order valence-electron chi connectivity index (χ1n) is 14.2. The van der Waals surface area contributed by atoms with Gasteiger partial charge in [-0.1, -0.05) is 115 Å². The molecule has 0 aliphatic heterocycles. The van der Waals surface area contributed by atoms with Crippen LogP contribution in [0.2, 0.25) is 0 Å². The maximum Gasteiger partial charge on any atom is 0.227 e. The molecule has 0 saturated heterocycles. The van der Waals surface area contributed by atoms with Crippen LogP contribution in [0.1, 0.15) is 0 Å². The molecule has 0 aliphatic rings. The summed E-state index contributed by atoms with van der Waals surface area (Å²) < 4.78 is 6.56. The third-order valence-corrected chi connectivity index (χ3v) is 7.87. The van der Waals surface area contributed by atoms with Gasteiger partial charge in [-0.2, -0.15) is 0 Å². The van der Waals surface area contributed by atoms with Crippen molar-refractivity contribution >= 4 is 49.7 Å². The normalized spacial score (nSPS) is 11.3. The Morgan fingerprint density at radius 2 is 0.976 bits per heavy atom. The van der Waals surface area contributed by atoms with Crippen molar-refractivity contribution in [2.75, 3.05) is 4.90 Å². The quantitative estimate of drug-likeness (QED) is 0.204.